The summed E-state index contributed by atoms with van der Waals surface area (Å²) in [5.74, 6) is -0.340. The second-order valence-electron chi connectivity index (χ2n) is 5.22. The lowest BCUT2D eigenvalue weighted by molar-refractivity contribution is -0.142. The summed E-state index contributed by atoms with van der Waals surface area (Å²) in [7, 11) is 0. The van der Waals surface area contributed by atoms with Crippen molar-refractivity contribution >= 4 is 21.9 Å². The molecular weight excluding hydrogens is 382 g/mol. The number of ether oxygens (including phenoxy) is 1. The van der Waals surface area contributed by atoms with E-state index in [1.54, 1.807) is 19.3 Å². The van der Waals surface area contributed by atoms with Crippen LogP contribution in [0.15, 0.2) is 60.9 Å². The predicted molar refractivity (Wildman–Crippen MR) is 99.0 cm³/mol. The predicted octanol–water partition coefficient (Wildman–Crippen LogP) is 4.20. The van der Waals surface area contributed by atoms with Crippen LogP contribution in [0.3, 0.4) is 0 Å². The summed E-state index contributed by atoms with van der Waals surface area (Å²) in [6.45, 7) is 2.11. The van der Waals surface area contributed by atoms with E-state index in [0.29, 0.717) is 18.0 Å². The van der Waals surface area contributed by atoms with Crippen molar-refractivity contribution in [1.82, 2.24) is 15.0 Å². The number of halogens is 1. The van der Waals surface area contributed by atoms with Gasteiger partial charge in [-0.05, 0) is 48.9 Å². The van der Waals surface area contributed by atoms with E-state index in [-0.39, 0.29) is 5.97 Å². The highest BCUT2D eigenvalue weighted by atomic mass is 79.9. The van der Waals surface area contributed by atoms with Gasteiger partial charge >= 0.3 is 5.97 Å². The minimum Gasteiger partial charge on any atom is -0.465 e. The first-order valence-electron chi connectivity index (χ1n) is 7.84. The number of hydrogen-bond donors (Lipinski definition) is 0. The quantitative estimate of drug-likeness (QED) is 0.476. The molecule has 0 bridgehead atoms. The summed E-state index contributed by atoms with van der Waals surface area (Å²) in [4.78, 5) is 24.9. The van der Waals surface area contributed by atoms with Gasteiger partial charge in [0.1, 0.15) is 4.83 Å². The fraction of sp³-hybridized carbons (Fsp3) is 0.158. The lowest BCUT2D eigenvalue weighted by Gasteiger charge is -2.12. The van der Waals surface area contributed by atoms with Gasteiger partial charge in [0.05, 0.1) is 29.4 Å². The van der Waals surface area contributed by atoms with E-state index in [2.05, 4.69) is 30.9 Å². The van der Waals surface area contributed by atoms with Crippen LogP contribution < -0.4 is 0 Å². The van der Waals surface area contributed by atoms with E-state index in [0.717, 1.165) is 17.0 Å². The highest BCUT2D eigenvalue weighted by molar-refractivity contribution is 9.09. The molecule has 3 heterocycles. The highest BCUT2D eigenvalue weighted by Gasteiger charge is 2.21. The molecule has 0 aliphatic carbocycles. The largest absolute Gasteiger partial charge is 0.465 e. The van der Waals surface area contributed by atoms with Crippen LogP contribution in [0, 0.1) is 0 Å². The third-order valence-electron chi connectivity index (χ3n) is 3.49. The van der Waals surface area contributed by atoms with Gasteiger partial charge in [-0.15, -0.1) is 0 Å². The molecule has 5 nitrogen and oxygen atoms in total. The van der Waals surface area contributed by atoms with E-state index in [1.165, 1.54) is 0 Å². The fourth-order valence-electron chi connectivity index (χ4n) is 2.34. The average molecular weight is 398 g/mol. The number of carbonyl (C=O) groups is 1. The van der Waals surface area contributed by atoms with E-state index >= 15 is 0 Å². The maximum absolute atomic E-state index is 12.1. The van der Waals surface area contributed by atoms with Crippen molar-refractivity contribution in [3.05, 3.63) is 66.5 Å². The molecule has 3 aromatic heterocycles. The van der Waals surface area contributed by atoms with E-state index in [9.17, 15) is 4.79 Å². The van der Waals surface area contributed by atoms with Crippen molar-refractivity contribution in [2.24, 2.45) is 0 Å². The molecule has 126 valence electrons. The van der Waals surface area contributed by atoms with Crippen LogP contribution in [0.25, 0.3) is 22.8 Å². The summed E-state index contributed by atoms with van der Waals surface area (Å²) in [5.41, 5.74) is 3.55. The second-order valence-corrected chi connectivity index (χ2v) is 6.13. The number of pyridine rings is 3. The smallest absolute Gasteiger partial charge is 0.324 e. The van der Waals surface area contributed by atoms with Crippen LogP contribution in [-0.2, 0) is 9.53 Å². The van der Waals surface area contributed by atoms with E-state index < -0.39 is 4.83 Å². The standard InChI is InChI=1S/C19H16BrN3O2/c1-2-25-19(24)18(20)13-11-16(14-7-3-5-9-21-14)23-17(12-13)15-8-4-6-10-22-15/h3-12,18H,2H2,1H3/t18-/m1/s1. The molecule has 3 aromatic rings. The Bertz CT molecular complexity index is 799. The van der Waals surface area contributed by atoms with Gasteiger partial charge in [0.15, 0.2) is 0 Å². The molecule has 0 N–H and O–H groups in total. The molecule has 0 aliphatic heterocycles. The Balaban J connectivity index is 2.10. The number of aromatic nitrogens is 3. The average Bonchev–Trinajstić information content (AvgIpc) is 2.68. The summed E-state index contributed by atoms with van der Waals surface area (Å²) in [5, 5.41) is 0. The number of hydrogen-bond acceptors (Lipinski definition) is 5. The normalized spacial score (nSPS) is 11.8. The van der Waals surface area contributed by atoms with Gasteiger partial charge in [0.2, 0.25) is 0 Å². The maximum Gasteiger partial charge on any atom is 0.324 e. The van der Waals surface area contributed by atoms with Crippen molar-refractivity contribution in [3.8, 4) is 22.8 Å². The lowest BCUT2D eigenvalue weighted by Crippen LogP contribution is -2.11. The van der Waals surface area contributed by atoms with Crippen molar-refractivity contribution < 1.29 is 9.53 Å². The molecule has 6 heteroatoms. The van der Waals surface area contributed by atoms with Crippen LogP contribution in [0.4, 0.5) is 0 Å². The topological polar surface area (TPSA) is 65.0 Å². The van der Waals surface area contributed by atoms with Crippen molar-refractivity contribution in [1.29, 1.82) is 0 Å². The van der Waals surface area contributed by atoms with Gasteiger partial charge in [0, 0.05) is 12.4 Å². The molecule has 0 amide bonds. The van der Waals surface area contributed by atoms with E-state index in [4.69, 9.17) is 4.74 Å². The molecule has 3 rings (SSSR count). The van der Waals surface area contributed by atoms with Crippen molar-refractivity contribution in [2.75, 3.05) is 6.61 Å². The summed E-state index contributed by atoms with van der Waals surface area (Å²) < 4.78 is 5.11. The zero-order valence-electron chi connectivity index (χ0n) is 13.6. The van der Waals surface area contributed by atoms with Crippen LogP contribution in [-0.4, -0.2) is 27.5 Å². The molecular formula is C19H16BrN3O2. The molecule has 1 atom stereocenters. The molecule has 0 aromatic carbocycles. The number of nitrogens with zero attached hydrogens (tertiary/aromatic N) is 3. The molecule has 0 saturated carbocycles. The number of carbonyl (C=O) groups excluding carboxylic acids is 1. The minimum absolute atomic E-state index is 0.326. The van der Waals surface area contributed by atoms with Crippen molar-refractivity contribution in [2.45, 2.75) is 11.8 Å². The van der Waals surface area contributed by atoms with Crippen LogP contribution >= 0.6 is 15.9 Å². The molecule has 0 aliphatic rings. The first-order valence-corrected chi connectivity index (χ1v) is 8.76. The summed E-state index contributed by atoms with van der Waals surface area (Å²) in [6, 6.07) is 14.9. The van der Waals surface area contributed by atoms with Crippen LogP contribution in [0.5, 0.6) is 0 Å². The molecule has 0 saturated heterocycles. The van der Waals surface area contributed by atoms with Gasteiger partial charge in [0.25, 0.3) is 0 Å². The van der Waals surface area contributed by atoms with E-state index in [1.807, 2.05) is 48.5 Å². The second kappa shape index (κ2) is 7.98. The fourth-order valence-corrected chi connectivity index (χ4v) is 2.74. The van der Waals surface area contributed by atoms with Crippen LogP contribution in [0.1, 0.15) is 17.3 Å². The Kier molecular flexibility index (Phi) is 5.50. The first-order chi connectivity index (χ1) is 12.2. The summed E-state index contributed by atoms with van der Waals surface area (Å²) >= 11 is 3.42. The van der Waals surface area contributed by atoms with Gasteiger partial charge in [-0.1, -0.05) is 28.1 Å². The maximum atomic E-state index is 12.1. The summed E-state index contributed by atoms with van der Waals surface area (Å²) in [6.07, 6.45) is 3.42. The van der Waals surface area contributed by atoms with Crippen molar-refractivity contribution in [3.63, 3.8) is 0 Å². The molecule has 0 spiro atoms. The molecule has 0 unspecified atom stereocenters. The first kappa shape index (κ1) is 17.2. The minimum atomic E-state index is -0.583. The number of rotatable bonds is 5. The molecule has 25 heavy (non-hydrogen) atoms. The monoisotopic (exact) mass is 397 g/mol. The van der Waals surface area contributed by atoms with Gasteiger partial charge < -0.3 is 4.74 Å². The van der Waals surface area contributed by atoms with Crippen LogP contribution in [0.2, 0.25) is 0 Å². The molecule has 0 radical (unpaired) electrons. The Labute approximate surface area is 154 Å². The molecule has 0 fully saturated rings. The third-order valence-corrected chi connectivity index (χ3v) is 4.39. The van der Waals surface area contributed by atoms with Gasteiger partial charge in [-0.3, -0.25) is 14.8 Å². The number of alkyl halides is 1. The Morgan fingerprint density at radius 2 is 1.56 bits per heavy atom. The third kappa shape index (κ3) is 4.09. The van der Waals surface area contributed by atoms with Gasteiger partial charge in [-0.25, -0.2) is 4.98 Å². The highest BCUT2D eigenvalue weighted by Crippen LogP contribution is 2.30. The lowest BCUT2D eigenvalue weighted by atomic mass is 10.1. The Morgan fingerprint density at radius 1 is 1.00 bits per heavy atom. The Hall–Kier alpha value is -2.60. The zero-order valence-corrected chi connectivity index (χ0v) is 15.2. The zero-order chi connectivity index (χ0) is 17.6. The van der Waals surface area contributed by atoms with Gasteiger partial charge in [-0.2, -0.15) is 0 Å². The number of esters is 1. The SMILES string of the molecule is CCOC(=O)[C@H](Br)c1cc(-c2ccccn2)nc(-c2ccccn2)c1. The Morgan fingerprint density at radius 3 is 2.00 bits per heavy atom.